The molecule has 0 aliphatic carbocycles. The molecule has 5 nitrogen and oxygen atoms in total. The Labute approximate surface area is 126 Å². The number of amides is 1. The number of rotatable bonds is 6. The van der Waals surface area contributed by atoms with Gasteiger partial charge in [-0.1, -0.05) is 0 Å². The number of aromatic nitrogens is 1. The van der Waals surface area contributed by atoms with Gasteiger partial charge >= 0.3 is 6.09 Å². The van der Waals surface area contributed by atoms with E-state index < -0.39 is 6.09 Å². The molecule has 0 spiro atoms. The molecule has 1 aromatic rings. The summed E-state index contributed by atoms with van der Waals surface area (Å²) >= 11 is 0. The number of carbonyl (C=O) groups is 1. The number of carboxylic acid groups (broad SMARTS) is 1. The van der Waals surface area contributed by atoms with E-state index in [0.717, 1.165) is 32.1 Å². The van der Waals surface area contributed by atoms with Crippen LogP contribution in [0.15, 0.2) is 24.5 Å². The highest BCUT2D eigenvalue weighted by atomic mass is 16.4. The normalized spacial score (nSPS) is 17.7. The van der Waals surface area contributed by atoms with Gasteiger partial charge in [0.05, 0.1) is 0 Å². The highest BCUT2D eigenvalue weighted by Gasteiger charge is 2.27. The van der Waals surface area contributed by atoms with Gasteiger partial charge in [0.15, 0.2) is 0 Å². The summed E-state index contributed by atoms with van der Waals surface area (Å²) in [6, 6.07) is 4.63. The minimum atomic E-state index is -0.785. The summed E-state index contributed by atoms with van der Waals surface area (Å²) in [5, 5.41) is 12.4. The van der Waals surface area contributed by atoms with E-state index in [4.69, 9.17) is 5.11 Å². The van der Waals surface area contributed by atoms with Crippen molar-refractivity contribution in [3.05, 3.63) is 30.1 Å². The third kappa shape index (κ3) is 4.70. The molecule has 116 valence electrons. The Morgan fingerprint density at radius 3 is 2.67 bits per heavy atom. The first kappa shape index (κ1) is 15.8. The Hall–Kier alpha value is -1.62. The highest BCUT2D eigenvalue weighted by Crippen LogP contribution is 2.23. The van der Waals surface area contributed by atoms with Crippen molar-refractivity contribution in [1.82, 2.24) is 15.2 Å². The zero-order chi connectivity index (χ0) is 15.1. The van der Waals surface area contributed by atoms with Crippen molar-refractivity contribution in [1.29, 1.82) is 0 Å². The molecule has 21 heavy (non-hydrogen) atoms. The molecule has 1 unspecified atom stereocenters. The fraction of sp³-hybridized carbons (Fsp3) is 0.625. The number of nitrogens with one attached hydrogen (secondary N) is 1. The second-order valence-corrected chi connectivity index (χ2v) is 5.75. The highest BCUT2D eigenvalue weighted by molar-refractivity contribution is 5.64. The van der Waals surface area contributed by atoms with E-state index >= 15 is 0 Å². The van der Waals surface area contributed by atoms with E-state index in [1.54, 1.807) is 0 Å². The predicted octanol–water partition coefficient (Wildman–Crippen LogP) is 2.38. The smallest absolute Gasteiger partial charge is 0.407 e. The van der Waals surface area contributed by atoms with Crippen LogP contribution in [0.5, 0.6) is 0 Å². The molecule has 1 aromatic heterocycles. The van der Waals surface area contributed by atoms with Gasteiger partial charge in [-0.25, -0.2) is 4.79 Å². The molecule has 1 saturated heterocycles. The van der Waals surface area contributed by atoms with Crippen LogP contribution >= 0.6 is 0 Å². The minimum Gasteiger partial charge on any atom is -0.465 e. The van der Waals surface area contributed by atoms with E-state index in [1.165, 1.54) is 10.5 Å². The molecule has 1 atom stereocenters. The average Bonchev–Trinajstić information content (AvgIpc) is 2.53. The van der Waals surface area contributed by atoms with Gasteiger partial charge in [-0.2, -0.15) is 0 Å². The minimum absolute atomic E-state index is 0.489. The summed E-state index contributed by atoms with van der Waals surface area (Å²) in [5.74, 6) is 0.586. The second kappa shape index (κ2) is 7.98. The summed E-state index contributed by atoms with van der Waals surface area (Å²) in [7, 11) is 2.01. The lowest BCUT2D eigenvalue weighted by molar-refractivity contribution is 0.116. The molecule has 1 aliphatic rings. The predicted molar refractivity (Wildman–Crippen MR) is 82.3 cm³/mol. The molecular formula is C16H25N3O2. The van der Waals surface area contributed by atoms with Gasteiger partial charge in [-0.3, -0.25) is 4.98 Å². The number of piperidine rings is 1. The van der Waals surface area contributed by atoms with Crippen molar-refractivity contribution in [2.45, 2.75) is 38.1 Å². The van der Waals surface area contributed by atoms with Gasteiger partial charge in [0.1, 0.15) is 0 Å². The lowest BCUT2D eigenvalue weighted by Crippen LogP contribution is -2.44. The Morgan fingerprint density at radius 1 is 1.43 bits per heavy atom. The van der Waals surface area contributed by atoms with Gasteiger partial charge < -0.3 is 15.3 Å². The maximum Gasteiger partial charge on any atom is 0.407 e. The van der Waals surface area contributed by atoms with Gasteiger partial charge in [-0.15, -0.1) is 0 Å². The Kier molecular flexibility index (Phi) is 5.99. The maximum atomic E-state index is 10.9. The van der Waals surface area contributed by atoms with E-state index in [9.17, 15) is 4.79 Å². The van der Waals surface area contributed by atoms with Crippen LogP contribution in [0.3, 0.4) is 0 Å². The van der Waals surface area contributed by atoms with E-state index in [1.807, 2.05) is 19.4 Å². The molecule has 2 heterocycles. The summed E-state index contributed by atoms with van der Waals surface area (Å²) in [4.78, 5) is 16.5. The molecule has 0 bridgehead atoms. The van der Waals surface area contributed by atoms with Crippen LogP contribution in [-0.4, -0.2) is 47.3 Å². The maximum absolute atomic E-state index is 10.9. The van der Waals surface area contributed by atoms with Gasteiger partial charge in [0.25, 0.3) is 0 Å². The van der Waals surface area contributed by atoms with Crippen LogP contribution in [0.1, 0.15) is 31.2 Å². The summed E-state index contributed by atoms with van der Waals surface area (Å²) < 4.78 is 0. The van der Waals surface area contributed by atoms with Crippen molar-refractivity contribution >= 4 is 6.09 Å². The molecule has 1 amide bonds. The number of hydrogen-bond donors (Lipinski definition) is 2. The Bertz CT molecular complexity index is 430. The standard InChI is InChI=1S/C16H25N3O2/c1-17-15(4-2-3-13-5-9-18-10-6-13)14-7-11-19(12-8-14)16(20)21/h5-6,9-10,14-15,17H,2-4,7-8,11-12H2,1H3,(H,20,21). The van der Waals surface area contributed by atoms with E-state index in [-0.39, 0.29) is 0 Å². The quantitative estimate of drug-likeness (QED) is 0.844. The number of likely N-dealkylation sites (tertiary alicyclic amines) is 1. The average molecular weight is 291 g/mol. The second-order valence-electron chi connectivity index (χ2n) is 5.75. The molecule has 0 saturated carbocycles. The molecule has 5 heteroatoms. The number of pyridine rings is 1. The fourth-order valence-electron chi connectivity index (χ4n) is 3.18. The SMILES string of the molecule is CNC(CCCc1ccncc1)C1CCN(C(=O)O)CC1. The third-order valence-corrected chi connectivity index (χ3v) is 4.48. The topological polar surface area (TPSA) is 65.5 Å². The van der Waals surface area contributed by atoms with Crippen LogP contribution in [0, 0.1) is 5.92 Å². The van der Waals surface area contributed by atoms with Crippen LogP contribution < -0.4 is 5.32 Å². The number of nitrogens with zero attached hydrogens (tertiary/aromatic N) is 2. The lowest BCUT2D eigenvalue weighted by Gasteiger charge is -2.34. The van der Waals surface area contributed by atoms with Crippen molar-refractivity contribution < 1.29 is 9.90 Å². The fourth-order valence-corrected chi connectivity index (χ4v) is 3.18. The summed E-state index contributed by atoms with van der Waals surface area (Å²) in [6.07, 6.45) is 8.19. The van der Waals surface area contributed by atoms with Gasteiger partial charge in [-0.05, 0) is 62.8 Å². The van der Waals surface area contributed by atoms with Crippen molar-refractivity contribution in [2.75, 3.05) is 20.1 Å². The molecular weight excluding hydrogens is 266 g/mol. The molecule has 2 rings (SSSR count). The number of aryl methyl sites for hydroxylation is 1. The lowest BCUT2D eigenvalue weighted by atomic mass is 9.86. The van der Waals surface area contributed by atoms with Crippen LogP contribution in [0.25, 0.3) is 0 Å². The van der Waals surface area contributed by atoms with Crippen LogP contribution in [0.4, 0.5) is 4.79 Å². The van der Waals surface area contributed by atoms with Gasteiger partial charge in [0, 0.05) is 31.5 Å². The van der Waals surface area contributed by atoms with Crippen molar-refractivity contribution in [2.24, 2.45) is 5.92 Å². The molecule has 0 radical (unpaired) electrons. The first-order valence-electron chi connectivity index (χ1n) is 7.74. The molecule has 1 aliphatic heterocycles. The van der Waals surface area contributed by atoms with Crippen molar-refractivity contribution in [3.63, 3.8) is 0 Å². The molecule has 0 aromatic carbocycles. The Balaban J connectivity index is 1.74. The van der Waals surface area contributed by atoms with Crippen LogP contribution in [0.2, 0.25) is 0 Å². The summed E-state index contributed by atoms with van der Waals surface area (Å²) in [6.45, 7) is 1.34. The molecule has 1 fully saturated rings. The number of hydrogen-bond acceptors (Lipinski definition) is 3. The van der Waals surface area contributed by atoms with E-state index in [2.05, 4.69) is 22.4 Å². The first-order chi connectivity index (χ1) is 10.2. The van der Waals surface area contributed by atoms with Crippen LogP contribution in [-0.2, 0) is 6.42 Å². The van der Waals surface area contributed by atoms with Gasteiger partial charge in [0.2, 0.25) is 0 Å². The summed E-state index contributed by atoms with van der Waals surface area (Å²) in [5.41, 5.74) is 1.33. The monoisotopic (exact) mass is 291 g/mol. The zero-order valence-corrected chi connectivity index (χ0v) is 12.7. The Morgan fingerprint density at radius 2 is 2.10 bits per heavy atom. The zero-order valence-electron chi connectivity index (χ0n) is 12.7. The largest absolute Gasteiger partial charge is 0.465 e. The third-order valence-electron chi connectivity index (χ3n) is 4.48. The molecule has 2 N–H and O–H groups in total. The first-order valence-corrected chi connectivity index (χ1v) is 7.74. The van der Waals surface area contributed by atoms with Crippen molar-refractivity contribution in [3.8, 4) is 0 Å². The van der Waals surface area contributed by atoms with E-state index in [0.29, 0.717) is 25.0 Å².